The minimum atomic E-state index is -3.38. The number of sulfonamides is 1. The lowest BCUT2D eigenvalue weighted by Crippen LogP contribution is -2.35. The number of carbonyl (C=O) groups is 1. The van der Waals surface area contributed by atoms with Crippen molar-refractivity contribution in [2.75, 3.05) is 25.9 Å². The van der Waals surface area contributed by atoms with Crippen LogP contribution in [0.1, 0.15) is 12.0 Å². The summed E-state index contributed by atoms with van der Waals surface area (Å²) in [6.07, 6.45) is 0.341. The Morgan fingerprint density at radius 2 is 1.85 bits per heavy atom. The zero-order valence-electron chi connectivity index (χ0n) is 11.6. The highest BCUT2D eigenvalue weighted by atomic mass is 32.2. The van der Waals surface area contributed by atoms with Gasteiger partial charge in [-0.1, -0.05) is 30.3 Å². The first-order valence-electron chi connectivity index (χ1n) is 6.46. The summed E-state index contributed by atoms with van der Waals surface area (Å²) in [5.41, 5.74) is 0.897. The van der Waals surface area contributed by atoms with Crippen molar-refractivity contribution in [1.29, 1.82) is 0 Å². The van der Waals surface area contributed by atoms with Crippen LogP contribution in [0.5, 0.6) is 0 Å². The number of nitrogens with one attached hydrogen (secondary N) is 3. The number of amides is 1. The maximum atomic E-state index is 11.7. The Hall–Kier alpha value is -1.44. The maximum Gasteiger partial charge on any atom is 0.221 e. The highest BCUT2D eigenvalue weighted by Gasteiger charge is 2.10. The largest absolute Gasteiger partial charge is 0.355 e. The average Bonchev–Trinajstić information content (AvgIpc) is 2.44. The molecule has 3 N–H and O–H groups in total. The van der Waals surface area contributed by atoms with Gasteiger partial charge in [0.2, 0.25) is 15.9 Å². The van der Waals surface area contributed by atoms with Crippen LogP contribution < -0.4 is 15.4 Å². The van der Waals surface area contributed by atoms with Gasteiger partial charge in [-0.25, -0.2) is 13.1 Å². The summed E-state index contributed by atoms with van der Waals surface area (Å²) in [5.74, 6) is -0.275. The number of benzene rings is 1. The molecule has 112 valence electrons. The lowest BCUT2D eigenvalue weighted by atomic mass is 10.2. The molecule has 0 unspecified atom stereocenters. The van der Waals surface area contributed by atoms with Gasteiger partial charge in [0.05, 0.1) is 5.75 Å². The van der Waals surface area contributed by atoms with Crippen molar-refractivity contribution < 1.29 is 13.2 Å². The normalized spacial score (nSPS) is 11.2. The van der Waals surface area contributed by atoms with Crippen LogP contribution in [0.25, 0.3) is 0 Å². The Morgan fingerprint density at radius 3 is 2.50 bits per heavy atom. The Balaban J connectivity index is 2.26. The standard InChI is InChI=1S/C13H21N3O3S/c1-14-8-7-13(17)15-9-10-20(18,19)16-11-12-5-3-2-4-6-12/h2-6,14,16H,7-11H2,1H3,(H,15,17). The summed E-state index contributed by atoms with van der Waals surface area (Å²) in [4.78, 5) is 11.3. The van der Waals surface area contributed by atoms with E-state index in [2.05, 4.69) is 15.4 Å². The molecule has 0 atom stereocenters. The molecule has 1 amide bonds. The fourth-order valence-electron chi connectivity index (χ4n) is 1.51. The molecule has 0 aliphatic rings. The highest BCUT2D eigenvalue weighted by Crippen LogP contribution is 1.98. The molecule has 0 aromatic heterocycles. The molecule has 0 bridgehead atoms. The molecule has 0 spiro atoms. The number of rotatable bonds is 9. The number of carbonyl (C=O) groups excluding carboxylic acids is 1. The second-order valence-electron chi connectivity index (χ2n) is 4.33. The van der Waals surface area contributed by atoms with Crippen LogP contribution in [-0.2, 0) is 21.4 Å². The summed E-state index contributed by atoms with van der Waals surface area (Å²) in [6, 6.07) is 9.28. The molecule has 0 saturated carbocycles. The van der Waals surface area contributed by atoms with Crippen molar-refractivity contribution in [3.05, 3.63) is 35.9 Å². The van der Waals surface area contributed by atoms with E-state index in [1.807, 2.05) is 30.3 Å². The van der Waals surface area contributed by atoms with Crippen molar-refractivity contribution in [3.8, 4) is 0 Å². The van der Waals surface area contributed by atoms with Gasteiger partial charge < -0.3 is 10.6 Å². The van der Waals surface area contributed by atoms with Crippen molar-refractivity contribution in [2.45, 2.75) is 13.0 Å². The molecule has 0 aliphatic heterocycles. The second-order valence-corrected chi connectivity index (χ2v) is 6.26. The van der Waals surface area contributed by atoms with Crippen LogP contribution in [0.3, 0.4) is 0 Å². The molecule has 0 saturated heterocycles. The van der Waals surface area contributed by atoms with Gasteiger partial charge in [-0.3, -0.25) is 4.79 Å². The van der Waals surface area contributed by atoms with Gasteiger partial charge in [-0.05, 0) is 12.6 Å². The molecule has 6 nitrogen and oxygen atoms in total. The van der Waals surface area contributed by atoms with E-state index >= 15 is 0 Å². The average molecular weight is 299 g/mol. The topological polar surface area (TPSA) is 87.3 Å². The predicted molar refractivity (Wildman–Crippen MR) is 78.6 cm³/mol. The minimum Gasteiger partial charge on any atom is -0.355 e. The molecule has 1 rings (SSSR count). The van der Waals surface area contributed by atoms with Crippen LogP contribution in [0, 0.1) is 0 Å². The molecule has 0 aliphatic carbocycles. The Bertz CT molecular complexity index is 503. The molecule has 0 radical (unpaired) electrons. The van der Waals surface area contributed by atoms with E-state index in [1.165, 1.54) is 0 Å². The lowest BCUT2D eigenvalue weighted by molar-refractivity contribution is -0.120. The fraction of sp³-hybridized carbons (Fsp3) is 0.462. The summed E-state index contributed by atoms with van der Waals surface area (Å²) in [7, 11) is -1.62. The molecule has 20 heavy (non-hydrogen) atoms. The fourth-order valence-corrected chi connectivity index (χ4v) is 2.41. The van der Waals surface area contributed by atoms with Crippen LogP contribution in [0.4, 0.5) is 0 Å². The smallest absolute Gasteiger partial charge is 0.221 e. The lowest BCUT2D eigenvalue weighted by Gasteiger charge is -2.08. The van der Waals surface area contributed by atoms with Gasteiger partial charge in [0.15, 0.2) is 0 Å². The first-order valence-corrected chi connectivity index (χ1v) is 8.11. The van der Waals surface area contributed by atoms with E-state index in [1.54, 1.807) is 7.05 Å². The first-order chi connectivity index (χ1) is 9.53. The zero-order valence-corrected chi connectivity index (χ0v) is 12.4. The number of hydrogen-bond acceptors (Lipinski definition) is 4. The Labute approximate surface area is 120 Å². The van der Waals surface area contributed by atoms with Crippen LogP contribution in [-0.4, -0.2) is 40.2 Å². The van der Waals surface area contributed by atoms with Gasteiger partial charge >= 0.3 is 0 Å². The molecule has 1 aromatic carbocycles. The van der Waals surface area contributed by atoms with Crippen molar-refractivity contribution >= 4 is 15.9 Å². The summed E-state index contributed by atoms with van der Waals surface area (Å²) < 4.78 is 26.0. The quantitative estimate of drug-likeness (QED) is 0.591. The SMILES string of the molecule is CNCCC(=O)NCCS(=O)(=O)NCc1ccccc1. The third-order valence-electron chi connectivity index (χ3n) is 2.63. The van der Waals surface area contributed by atoms with E-state index in [0.717, 1.165) is 5.56 Å². The summed E-state index contributed by atoms with van der Waals surface area (Å²) in [6.45, 7) is 0.953. The maximum absolute atomic E-state index is 11.7. The van der Waals surface area contributed by atoms with E-state index in [4.69, 9.17) is 0 Å². The summed E-state index contributed by atoms with van der Waals surface area (Å²) in [5, 5.41) is 5.43. The highest BCUT2D eigenvalue weighted by molar-refractivity contribution is 7.89. The molecule has 0 fully saturated rings. The summed E-state index contributed by atoms with van der Waals surface area (Å²) >= 11 is 0. The van der Waals surface area contributed by atoms with Gasteiger partial charge in [-0.2, -0.15) is 0 Å². The van der Waals surface area contributed by atoms with Gasteiger partial charge in [0, 0.05) is 26.1 Å². The van der Waals surface area contributed by atoms with Gasteiger partial charge in [0.25, 0.3) is 0 Å². The molecule has 7 heteroatoms. The van der Waals surface area contributed by atoms with E-state index < -0.39 is 10.0 Å². The van der Waals surface area contributed by atoms with E-state index in [-0.39, 0.29) is 24.7 Å². The second kappa shape index (κ2) is 8.68. The van der Waals surface area contributed by atoms with Crippen molar-refractivity contribution in [3.63, 3.8) is 0 Å². The van der Waals surface area contributed by atoms with Gasteiger partial charge in [-0.15, -0.1) is 0 Å². The van der Waals surface area contributed by atoms with Crippen LogP contribution in [0.2, 0.25) is 0 Å². The molecular weight excluding hydrogens is 278 g/mol. The van der Waals surface area contributed by atoms with Crippen LogP contribution >= 0.6 is 0 Å². The van der Waals surface area contributed by atoms with Gasteiger partial charge in [0.1, 0.15) is 0 Å². The Kier molecular flexibility index (Phi) is 7.21. The first kappa shape index (κ1) is 16.6. The van der Waals surface area contributed by atoms with E-state index in [9.17, 15) is 13.2 Å². The molecule has 1 aromatic rings. The minimum absolute atomic E-state index is 0.118. The third kappa shape index (κ3) is 7.22. The monoisotopic (exact) mass is 299 g/mol. The van der Waals surface area contributed by atoms with Crippen molar-refractivity contribution in [2.24, 2.45) is 0 Å². The Morgan fingerprint density at radius 1 is 1.15 bits per heavy atom. The van der Waals surface area contributed by atoms with Crippen LogP contribution in [0.15, 0.2) is 30.3 Å². The predicted octanol–water partition coefficient (Wildman–Crippen LogP) is -0.168. The van der Waals surface area contributed by atoms with Crippen molar-refractivity contribution in [1.82, 2.24) is 15.4 Å². The number of hydrogen-bond donors (Lipinski definition) is 3. The molecular formula is C13H21N3O3S. The van der Waals surface area contributed by atoms with E-state index in [0.29, 0.717) is 13.0 Å². The zero-order chi connectivity index (χ0) is 14.8. The molecule has 0 heterocycles. The third-order valence-corrected chi connectivity index (χ3v) is 3.96.